The van der Waals surface area contributed by atoms with Gasteiger partial charge in [0.2, 0.25) is 0 Å². The smallest absolute Gasteiger partial charge is 0.399 e. The first-order valence-electron chi connectivity index (χ1n) is 7.83. The average Bonchev–Trinajstić information content (AvgIpc) is 2.60. The maximum atomic E-state index is 6.07. The molecule has 0 aromatic carbocycles. The summed E-state index contributed by atoms with van der Waals surface area (Å²) in [6, 6.07) is 2.09. The van der Waals surface area contributed by atoms with E-state index in [0.717, 1.165) is 29.9 Å². The quantitative estimate of drug-likeness (QED) is 0.839. The van der Waals surface area contributed by atoms with E-state index in [9.17, 15) is 0 Å². The molecule has 1 aromatic rings. The van der Waals surface area contributed by atoms with Crippen LogP contribution in [0.15, 0.2) is 12.3 Å². The maximum Gasteiger partial charge on any atom is 0.496 e. The summed E-state index contributed by atoms with van der Waals surface area (Å²) >= 11 is 0. The molecule has 1 aliphatic rings. The number of nitrogens with zero attached hydrogens (tertiary/aromatic N) is 2. The number of hydrogen-bond donors (Lipinski definition) is 1. The number of nitrogens with one attached hydrogen (secondary N) is 1. The molecule has 1 saturated heterocycles. The van der Waals surface area contributed by atoms with Crippen LogP contribution in [0.1, 0.15) is 33.3 Å². The van der Waals surface area contributed by atoms with E-state index in [1.807, 2.05) is 6.20 Å². The molecule has 0 bridgehead atoms. The van der Waals surface area contributed by atoms with Gasteiger partial charge in [0.05, 0.1) is 11.2 Å². The van der Waals surface area contributed by atoms with Gasteiger partial charge in [0.1, 0.15) is 5.82 Å². The van der Waals surface area contributed by atoms with Crippen LogP contribution in [0.3, 0.4) is 0 Å². The number of likely N-dealkylation sites (N-methyl/N-ethyl adjacent to an activating group) is 1. The van der Waals surface area contributed by atoms with Gasteiger partial charge in [-0.05, 0) is 54.3 Å². The molecule has 1 aromatic heterocycles. The second-order valence-corrected chi connectivity index (χ2v) is 7.25. The Morgan fingerprint density at radius 3 is 2.27 bits per heavy atom. The fraction of sp³-hybridized carbons (Fsp3) is 0.688. The molecular formula is C16H28BN3O2. The minimum Gasteiger partial charge on any atom is -0.399 e. The van der Waals surface area contributed by atoms with E-state index in [0.29, 0.717) is 0 Å². The van der Waals surface area contributed by atoms with Crippen molar-refractivity contribution in [2.24, 2.45) is 0 Å². The van der Waals surface area contributed by atoms with Gasteiger partial charge in [0.15, 0.2) is 0 Å². The highest BCUT2D eigenvalue weighted by Crippen LogP contribution is 2.36. The number of aryl methyl sites for hydroxylation is 1. The normalized spacial score (nSPS) is 19.7. The Kier molecular flexibility index (Phi) is 4.85. The minimum atomic E-state index is -0.355. The molecule has 1 N–H and O–H groups in total. The number of anilines is 1. The maximum absolute atomic E-state index is 6.07. The topological polar surface area (TPSA) is 46.6 Å². The van der Waals surface area contributed by atoms with Crippen LogP contribution < -0.4 is 10.8 Å². The Balaban J connectivity index is 2.07. The molecule has 0 aliphatic carbocycles. The lowest BCUT2D eigenvalue weighted by Gasteiger charge is -2.32. The summed E-state index contributed by atoms with van der Waals surface area (Å²) in [5, 5.41) is 3.36. The predicted octanol–water partition coefficient (Wildman–Crippen LogP) is 1.66. The standard InChI is InChI=1S/C16H28BN3O2/c1-12-10-13(11-19-14(12)18-8-9-20(6)7)17-21-15(2,3)16(4,5)22-17/h10-11H,8-9H2,1-7H3,(H,18,19). The van der Waals surface area contributed by atoms with Gasteiger partial charge in [-0.25, -0.2) is 4.98 Å². The van der Waals surface area contributed by atoms with Gasteiger partial charge in [-0.1, -0.05) is 6.07 Å². The molecular weight excluding hydrogens is 277 g/mol. The molecule has 6 heteroatoms. The molecule has 2 heterocycles. The number of rotatable bonds is 5. The Morgan fingerprint density at radius 2 is 1.77 bits per heavy atom. The van der Waals surface area contributed by atoms with Crippen LogP contribution in [0.4, 0.5) is 5.82 Å². The van der Waals surface area contributed by atoms with Crippen molar-refractivity contribution < 1.29 is 9.31 Å². The molecule has 0 spiro atoms. The average molecular weight is 305 g/mol. The van der Waals surface area contributed by atoms with Gasteiger partial charge >= 0.3 is 7.12 Å². The first kappa shape index (κ1) is 17.3. The monoisotopic (exact) mass is 305 g/mol. The van der Waals surface area contributed by atoms with E-state index in [2.05, 4.69) is 70.0 Å². The van der Waals surface area contributed by atoms with Crippen molar-refractivity contribution >= 4 is 18.4 Å². The Bertz CT molecular complexity index is 516. The summed E-state index contributed by atoms with van der Waals surface area (Å²) < 4.78 is 12.1. The van der Waals surface area contributed by atoms with Crippen molar-refractivity contribution in [3.05, 3.63) is 17.8 Å². The zero-order valence-electron chi connectivity index (χ0n) is 14.9. The van der Waals surface area contributed by atoms with Crippen LogP contribution in [-0.2, 0) is 9.31 Å². The molecule has 5 nitrogen and oxygen atoms in total. The Labute approximate surface area is 134 Å². The summed E-state index contributed by atoms with van der Waals surface area (Å²) in [6.07, 6.45) is 1.84. The highest BCUT2D eigenvalue weighted by molar-refractivity contribution is 6.62. The third-order valence-corrected chi connectivity index (χ3v) is 4.48. The van der Waals surface area contributed by atoms with E-state index in [4.69, 9.17) is 9.31 Å². The van der Waals surface area contributed by atoms with Gasteiger partial charge in [0, 0.05) is 24.7 Å². The predicted molar refractivity (Wildman–Crippen MR) is 91.7 cm³/mol. The second kappa shape index (κ2) is 6.18. The first-order valence-corrected chi connectivity index (χ1v) is 7.83. The number of hydrogen-bond acceptors (Lipinski definition) is 5. The zero-order valence-corrected chi connectivity index (χ0v) is 14.9. The number of pyridine rings is 1. The number of aromatic nitrogens is 1. The van der Waals surface area contributed by atoms with E-state index in [1.54, 1.807) is 0 Å². The van der Waals surface area contributed by atoms with Crippen molar-refractivity contribution in [3.8, 4) is 0 Å². The van der Waals surface area contributed by atoms with E-state index in [-0.39, 0.29) is 18.3 Å². The third kappa shape index (κ3) is 3.62. The van der Waals surface area contributed by atoms with Crippen LogP contribution in [0.2, 0.25) is 0 Å². The summed E-state index contributed by atoms with van der Waals surface area (Å²) in [4.78, 5) is 6.67. The van der Waals surface area contributed by atoms with Crippen molar-refractivity contribution in [1.82, 2.24) is 9.88 Å². The molecule has 2 rings (SSSR count). The van der Waals surface area contributed by atoms with Crippen molar-refractivity contribution in [3.63, 3.8) is 0 Å². The lowest BCUT2D eigenvalue weighted by atomic mass is 9.80. The molecule has 122 valence electrons. The fourth-order valence-electron chi connectivity index (χ4n) is 2.29. The zero-order chi connectivity index (χ0) is 16.5. The summed E-state index contributed by atoms with van der Waals surface area (Å²) in [5.41, 5.74) is 1.42. The molecule has 0 unspecified atom stereocenters. The minimum absolute atomic E-state index is 0.325. The van der Waals surface area contributed by atoms with E-state index >= 15 is 0 Å². The SMILES string of the molecule is Cc1cc(B2OC(C)(C)C(C)(C)O2)cnc1NCCN(C)C. The molecule has 0 atom stereocenters. The molecule has 1 aliphatic heterocycles. The molecule has 22 heavy (non-hydrogen) atoms. The Morgan fingerprint density at radius 1 is 1.18 bits per heavy atom. The summed E-state index contributed by atoms with van der Waals surface area (Å²) in [7, 11) is 3.76. The third-order valence-electron chi connectivity index (χ3n) is 4.48. The van der Waals surface area contributed by atoms with Crippen LogP contribution >= 0.6 is 0 Å². The molecule has 1 fully saturated rings. The highest BCUT2D eigenvalue weighted by atomic mass is 16.7. The Hall–Kier alpha value is -1.11. The van der Waals surface area contributed by atoms with Crippen molar-refractivity contribution in [2.45, 2.75) is 45.8 Å². The van der Waals surface area contributed by atoms with Gasteiger partial charge in [-0.3, -0.25) is 0 Å². The second-order valence-electron chi connectivity index (χ2n) is 7.25. The van der Waals surface area contributed by atoms with E-state index in [1.165, 1.54) is 0 Å². The van der Waals surface area contributed by atoms with Gasteiger partial charge in [-0.2, -0.15) is 0 Å². The van der Waals surface area contributed by atoms with Gasteiger partial charge in [-0.15, -0.1) is 0 Å². The van der Waals surface area contributed by atoms with Crippen molar-refractivity contribution in [2.75, 3.05) is 32.5 Å². The van der Waals surface area contributed by atoms with Crippen LogP contribution in [-0.4, -0.2) is 55.4 Å². The fourth-order valence-corrected chi connectivity index (χ4v) is 2.29. The molecule has 0 radical (unpaired) electrons. The lowest BCUT2D eigenvalue weighted by molar-refractivity contribution is 0.00578. The molecule has 0 amide bonds. The van der Waals surface area contributed by atoms with Crippen LogP contribution in [0.5, 0.6) is 0 Å². The molecule has 0 saturated carbocycles. The van der Waals surface area contributed by atoms with Crippen LogP contribution in [0, 0.1) is 6.92 Å². The van der Waals surface area contributed by atoms with E-state index < -0.39 is 0 Å². The van der Waals surface area contributed by atoms with Gasteiger partial charge < -0.3 is 19.5 Å². The van der Waals surface area contributed by atoms with Crippen molar-refractivity contribution in [1.29, 1.82) is 0 Å². The summed E-state index contributed by atoms with van der Waals surface area (Å²) in [5.74, 6) is 0.919. The first-order chi connectivity index (χ1) is 10.1. The highest BCUT2D eigenvalue weighted by Gasteiger charge is 2.51. The summed E-state index contributed by atoms with van der Waals surface area (Å²) in [6.45, 7) is 12.1. The van der Waals surface area contributed by atoms with Gasteiger partial charge in [0.25, 0.3) is 0 Å². The lowest BCUT2D eigenvalue weighted by Crippen LogP contribution is -2.41. The largest absolute Gasteiger partial charge is 0.496 e. The van der Waals surface area contributed by atoms with Crippen LogP contribution in [0.25, 0.3) is 0 Å².